The fourth-order valence-electron chi connectivity index (χ4n) is 2.93. The second-order valence-corrected chi connectivity index (χ2v) is 5.89. The second-order valence-electron chi connectivity index (χ2n) is 5.89. The van der Waals surface area contributed by atoms with E-state index in [0.29, 0.717) is 29.6 Å². The minimum Gasteiger partial charge on any atom is -0.452 e. The molecule has 0 saturated carbocycles. The molecule has 24 heavy (non-hydrogen) atoms. The Morgan fingerprint density at radius 2 is 1.92 bits per heavy atom. The van der Waals surface area contributed by atoms with Gasteiger partial charge in [0.05, 0.1) is 17.5 Å². The van der Waals surface area contributed by atoms with Gasteiger partial charge in [0.1, 0.15) is 0 Å². The van der Waals surface area contributed by atoms with E-state index < -0.39 is 12.1 Å². The Morgan fingerprint density at radius 1 is 1.25 bits per heavy atom. The molecule has 1 saturated heterocycles. The first-order valence-electron chi connectivity index (χ1n) is 8.01. The number of hydrogen-bond donors (Lipinski definition) is 1. The van der Waals surface area contributed by atoms with Gasteiger partial charge in [0, 0.05) is 18.5 Å². The van der Waals surface area contributed by atoms with Gasteiger partial charge >= 0.3 is 5.97 Å². The predicted octanol–water partition coefficient (Wildman–Crippen LogP) is 1.02. The van der Waals surface area contributed by atoms with Crippen molar-refractivity contribution in [3.63, 3.8) is 0 Å². The molecule has 0 aliphatic carbocycles. The summed E-state index contributed by atoms with van der Waals surface area (Å²) in [4.78, 5) is 37.8. The van der Waals surface area contributed by atoms with Crippen molar-refractivity contribution in [2.24, 2.45) is 0 Å². The number of fused-ring (bicyclic) bond motifs is 1. The SMILES string of the molecule is C[C@H](OC(=O)Cc1n[nH]c(=O)c2ccccc12)C(=O)N1CCCC1. The van der Waals surface area contributed by atoms with Crippen LogP contribution in [0.4, 0.5) is 0 Å². The van der Waals surface area contributed by atoms with E-state index in [-0.39, 0.29) is 17.9 Å². The minimum atomic E-state index is -0.815. The first-order chi connectivity index (χ1) is 11.6. The van der Waals surface area contributed by atoms with Gasteiger partial charge in [0.15, 0.2) is 6.10 Å². The monoisotopic (exact) mass is 329 g/mol. The molecule has 1 aromatic carbocycles. The number of hydrogen-bond acceptors (Lipinski definition) is 5. The Kier molecular flexibility index (Phi) is 4.59. The summed E-state index contributed by atoms with van der Waals surface area (Å²) < 4.78 is 5.25. The third-order valence-electron chi connectivity index (χ3n) is 4.16. The van der Waals surface area contributed by atoms with Gasteiger partial charge in [-0.25, -0.2) is 5.10 Å². The zero-order chi connectivity index (χ0) is 17.1. The molecule has 0 spiro atoms. The number of carbonyl (C=O) groups is 2. The highest BCUT2D eigenvalue weighted by Gasteiger charge is 2.26. The lowest BCUT2D eigenvalue weighted by molar-refractivity contribution is -0.158. The smallest absolute Gasteiger partial charge is 0.312 e. The Labute approximate surface area is 138 Å². The van der Waals surface area contributed by atoms with E-state index in [2.05, 4.69) is 10.2 Å². The van der Waals surface area contributed by atoms with Crippen LogP contribution in [0.5, 0.6) is 0 Å². The number of nitrogens with zero attached hydrogens (tertiary/aromatic N) is 2. The first kappa shape index (κ1) is 16.2. The highest BCUT2D eigenvalue weighted by molar-refractivity contribution is 5.88. The molecular formula is C17H19N3O4. The number of esters is 1. The maximum atomic E-state index is 12.2. The number of ether oxygens (including phenoxy) is 1. The van der Waals surface area contributed by atoms with E-state index in [4.69, 9.17) is 4.74 Å². The van der Waals surface area contributed by atoms with Crippen LogP contribution >= 0.6 is 0 Å². The molecule has 1 amide bonds. The molecule has 126 valence electrons. The fraction of sp³-hybridized carbons (Fsp3) is 0.412. The fourth-order valence-corrected chi connectivity index (χ4v) is 2.93. The Balaban J connectivity index is 1.70. The Bertz CT molecular complexity index is 824. The van der Waals surface area contributed by atoms with Crippen LogP contribution in [-0.2, 0) is 20.7 Å². The van der Waals surface area contributed by atoms with E-state index in [9.17, 15) is 14.4 Å². The lowest BCUT2D eigenvalue weighted by atomic mass is 10.1. The molecule has 0 radical (unpaired) electrons. The number of nitrogens with one attached hydrogen (secondary N) is 1. The molecule has 1 fully saturated rings. The van der Waals surface area contributed by atoms with Crippen molar-refractivity contribution >= 4 is 22.6 Å². The van der Waals surface area contributed by atoms with Gasteiger partial charge < -0.3 is 9.64 Å². The van der Waals surface area contributed by atoms with Crippen molar-refractivity contribution in [2.75, 3.05) is 13.1 Å². The number of aromatic nitrogens is 2. The van der Waals surface area contributed by atoms with Gasteiger partial charge in [-0.05, 0) is 25.8 Å². The lowest BCUT2D eigenvalue weighted by Crippen LogP contribution is -2.38. The Morgan fingerprint density at radius 3 is 2.62 bits per heavy atom. The number of benzene rings is 1. The van der Waals surface area contributed by atoms with Crippen LogP contribution in [0.3, 0.4) is 0 Å². The van der Waals surface area contributed by atoms with Crippen molar-refractivity contribution in [1.29, 1.82) is 0 Å². The summed E-state index contributed by atoms with van der Waals surface area (Å²) in [6, 6.07) is 6.93. The second kappa shape index (κ2) is 6.82. The van der Waals surface area contributed by atoms with E-state index >= 15 is 0 Å². The van der Waals surface area contributed by atoms with Crippen LogP contribution in [0, 0.1) is 0 Å². The van der Waals surface area contributed by atoms with Gasteiger partial charge in [-0.2, -0.15) is 5.10 Å². The maximum absolute atomic E-state index is 12.2. The summed E-state index contributed by atoms with van der Waals surface area (Å²) in [6.07, 6.45) is 1.05. The van der Waals surface area contributed by atoms with E-state index in [1.54, 1.807) is 36.1 Å². The van der Waals surface area contributed by atoms with Gasteiger partial charge in [0.25, 0.3) is 11.5 Å². The Hall–Kier alpha value is -2.70. The number of H-pyrrole nitrogens is 1. The van der Waals surface area contributed by atoms with Gasteiger partial charge in [-0.3, -0.25) is 14.4 Å². The molecule has 3 rings (SSSR count). The quantitative estimate of drug-likeness (QED) is 0.846. The summed E-state index contributed by atoms with van der Waals surface area (Å²) >= 11 is 0. The van der Waals surface area contributed by atoms with Crippen LogP contribution < -0.4 is 5.56 Å². The summed E-state index contributed by atoms with van der Waals surface area (Å²) in [6.45, 7) is 3.01. The van der Waals surface area contributed by atoms with Gasteiger partial charge in [-0.1, -0.05) is 18.2 Å². The number of likely N-dealkylation sites (tertiary alicyclic amines) is 1. The molecule has 0 bridgehead atoms. The summed E-state index contributed by atoms with van der Waals surface area (Å²) in [7, 11) is 0. The van der Waals surface area contributed by atoms with Crippen molar-refractivity contribution < 1.29 is 14.3 Å². The van der Waals surface area contributed by atoms with Crippen LogP contribution in [0.1, 0.15) is 25.5 Å². The van der Waals surface area contributed by atoms with Crippen molar-refractivity contribution in [3.8, 4) is 0 Å². The molecule has 7 heteroatoms. The first-order valence-corrected chi connectivity index (χ1v) is 8.01. The van der Waals surface area contributed by atoms with E-state index in [1.807, 2.05) is 0 Å². The molecule has 1 aromatic heterocycles. The van der Waals surface area contributed by atoms with Crippen molar-refractivity contribution in [2.45, 2.75) is 32.3 Å². The van der Waals surface area contributed by atoms with E-state index in [0.717, 1.165) is 12.8 Å². The molecule has 2 aromatic rings. The summed E-state index contributed by atoms with van der Waals surface area (Å²) in [5.41, 5.74) is 0.122. The third-order valence-corrected chi connectivity index (χ3v) is 4.16. The van der Waals surface area contributed by atoms with E-state index in [1.165, 1.54) is 0 Å². The lowest BCUT2D eigenvalue weighted by Gasteiger charge is -2.20. The highest BCUT2D eigenvalue weighted by atomic mass is 16.5. The molecule has 7 nitrogen and oxygen atoms in total. The van der Waals surface area contributed by atoms with Crippen molar-refractivity contribution in [3.05, 3.63) is 40.3 Å². The third kappa shape index (κ3) is 3.29. The number of rotatable bonds is 4. The van der Waals surface area contributed by atoms with Crippen LogP contribution in [0.25, 0.3) is 10.8 Å². The topological polar surface area (TPSA) is 92.4 Å². The summed E-state index contributed by atoms with van der Waals surface area (Å²) in [5, 5.41) is 7.40. The molecule has 1 atom stereocenters. The largest absolute Gasteiger partial charge is 0.452 e. The highest BCUT2D eigenvalue weighted by Crippen LogP contribution is 2.14. The minimum absolute atomic E-state index is 0.102. The standard InChI is InChI=1S/C17H19N3O4/c1-11(17(23)20-8-4-5-9-20)24-15(21)10-14-12-6-2-3-7-13(12)16(22)19-18-14/h2-3,6-7,11H,4-5,8-10H2,1H3,(H,19,22)/t11-/m0/s1. The molecule has 2 heterocycles. The summed E-state index contributed by atoms with van der Waals surface area (Å²) in [5.74, 6) is -0.708. The molecule has 0 unspecified atom stereocenters. The van der Waals surface area contributed by atoms with Crippen LogP contribution in [0.15, 0.2) is 29.1 Å². The average Bonchev–Trinajstić information content (AvgIpc) is 3.11. The molecular weight excluding hydrogens is 310 g/mol. The predicted molar refractivity (Wildman–Crippen MR) is 87.4 cm³/mol. The molecule has 1 N–H and O–H groups in total. The molecule has 1 aliphatic rings. The normalized spacial score (nSPS) is 15.5. The molecule has 1 aliphatic heterocycles. The average molecular weight is 329 g/mol. The van der Waals surface area contributed by atoms with Gasteiger partial charge in [0.2, 0.25) is 0 Å². The van der Waals surface area contributed by atoms with Crippen LogP contribution in [-0.4, -0.2) is 46.2 Å². The number of amides is 1. The number of aromatic amines is 1. The maximum Gasteiger partial charge on any atom is 0.312 e. The van der Waals surface area contributed by atoms with Gasteiger partial charge in [-0.15, -0.1) is 0 Å². The zero-order valence-corrected chi connectivity index (χ0v) is 13.4. The zero-order valence-electron chi connectivity index (χ0n) is 13.4. The van der Waals surface area contributed by atoms with Crippen molar-refractivity contribution in [1.82, 2.24) is 15.1 Å². The van der Waals surface area contributed by atoms with Crippen LogP contribution in [0.2, 0.25) is 0 Å². The number of carbonyl (C=O) groups excluding carboxylic acids is 2.